The number of likely N-dealkylation sites (tertiary alicyclic amines) is 1. The lowest BCUT2D eigenvalue weighted by Crippen LogP contribution is -2.51. The predicted octanol–water partition coefficient (Wildman–Crippen LogP) is 3.80. The highest BCUT2D eigenvalue weighted by molar-refractivity contribution is 5.95. The van der Waals surface area contributed by atoms with Crippen LogP contribution in [0, 0.1) is 17.5 Å². The number of hydrogen-bond acceptors (Lipinski definition) is 3. The first kappa shape index (κ1) is 20.1. The zero-order valence-corrected chi connectivity index (χ0v) is 16.7. The molecule has 3 heterocycles. The maximum absolute atomic E-state index is 13.7. The van der Waals surface area contributed by atoms with Crippen molar-refractivity contribution in [3.05, 3.63) is 71.0 Å². The summed E-state index contributed by atoms with van der Waals surface area (Å²) in [6.07, 6.45) is 1.37. The van der Waals surface area contributed by atoms with E-state index in [0.29, 0.717) is 44.3 Å². The zero-order chi connectivity index (χ0) is 21.8. The lowest BCUT2D eigenvalue weighted by Gasteiger charge is -2.37. The Labute approximate surface area is 177 Å². The second-order valence-corrected chi connectivity index (χ2v) is 8.38. The van der Waals surface area contributed by atoms with Crippen LogP contribution in [-0.2, 0) is 9.53 Å². The fourth-order valence-electron chi connectivity index (χ4n) is 5.02. The smallest absolute Gasteiger partial charge is 0.257 e. The molecule has 3 fully saturated rings. The highest BCUT2D eigenvalue weighted by Gasteiger charge is 2.58. The van der Waals surface area contributed by atoms with E-state index in [1.165, 1.54) is 30.3 Å². The first-order valence-electron chi connectivity index (χ1n) is 10.4. The van der Waals surface area contributed by atoms with Crippen molar-refractivity contribution in [2.24, 2.45) is 0 Å². The summed E-state index contributed by atoms with van der Waals surface area (Å²) in [5.41, 5.74) is -0.343. The van der Waals surface area contributed by atoms with Gasteiger partial charge in [0.1, 0.15) is 23.7 Å². The number of hydrogen-bond donors (Lipinski definition) is 0. The lowest BCUT2D eigenvalue weighted by molar-refractivity contribution is -0.142. The maximum Gasteiger partial charge on any atom is 0.257 e. The van der Waals surface area contributed by atoms with Gasteiger partial charge in [-0.05, 0) is 48.7 Å². The van der Waals surface area contributed by atoms with E-state index in [-0.39, 0.29) is 17.4 Å². The Kier molecular flexibility index (Phi) is 4.77. The molecule has 31 heavy (non-hydrogen) atoms. The van der Waals surface area contributed by atoms with E-state index >= 15 is 0 Å². The number of ether oxygens (including phenoxy) is 1. The van der Waals surface area contributed by atoms with E-state index in [1.807, 2.05) is 0 Å². The van der Waals surface area contributed by atoms with E-state index in [4.69, 9.17) is 4.74 Å². The largest absolute Gasteiger partial charge is 0.342 e. The van der Waals surface area contributed by atoms with Crippen molar-refractivity contribution in [2.75, 3.05) is 13.1 Å². The van der Waals surface area contributed by atoms with Gasteiger partial charge in [-0.2, -0.15) is 0 Å². The molecule has 0 radical (unpaired) electrons. The fraction of sp³-hybridized carbons (Fsp3) is 0.391. The van der Waals surface area contributed by atoms with Gasteiger partial charge in [-0.25, -0.2) is 13.2 Å². The second-order valence-electron chi connectivity index (χ2n) is 8.38. The number of fused-ring (bicyclic) bond motifs is 1. The molecule has 8 heteroatoms. The van der Waals surface area contributed by atoms with E-state index in [0.717, 1.165) is 6.07 Å². The number of nitrogens with zero attached hydrogens (tertiary/aromatic N) is 2. The Morgan fingerprint density at radius 2 is 1.68 bits per heavy atom. The van der Waals surface area contributed by atoms with Gasteiger partial charge in [-0.3, -0.25) is 9.59 Å². The van der Waals surface area contributed by atoms with Gasteiger partial charge in [0.2, 0.25) is 0 Å². The minimum Gasteiger partial charge on any atom is -0.342 e. The molecule has 1 spiro atoms. The van der Waals surface area contributed by atoms with Crippen molar-refractivity contribution >= 4 is 11.8 Å². The summed E-state index contributed by atoms with van der Waals surface area (Å²) in [5.74, 6) is -2.31. The molecule has 2 unspecified atom stereocenters. The van der Waals surface area contributed by atoms with Gasteiger partial charge < -0.3 is 14.5 Å². The number of rotatable bonds is 2. The normalized spacial score (nSPS) is 24.7. The minimum atomic E-state index is -1.03. The van der Waals surface area contributed by atoms with Crippen LogP contribution in [0.15, 0.2) is 42.5 Å². The SMILES string of the molecule is O=C(c1cccc(F)c1)N1CCC2(CC1)OC1CCC(c3cc(F)cc(F)c3)N1C2=O. The Hall–Kier alpha value is -2.87. The Morgan fingerprint density at radius 1 is 0.968 bits per heavy atom. The van der Waals surface area contributed by atoms with Crippen LogP contribution in [0.2, 0.25) is 0 Å². The van der Waals surface area contributed by atoms with Crippen LogP contribution >= 0.6 is 0 Å². The molecule has 2 amide bonds. The van der Waals surface area contributed by atoms with Gasteiger partial charge in [0.15, 0.2) is 5.60 Å². The van der Waals surface area contributed by atoms with Crippen molar-refractivity contribution in [1.82, 2.24) is 9.80 Å². The van der Waals surface area contributed by atoms with Crippen molar-refractivity contribution in [1.29, 1.82) is 0 Å². The Morgan fingerprint density at radius 3 is 2.35 bits per heavy atom. The molecule has 162 valence electrons. The van der Waals surface area contributed by atoms with E-state index in [2.05, 4.69) is 0 Å². The number of halogens is 3. The van der Waals surface area contributed by atoms with E-state index in [9.17, 15) is 22.8 Å². The maximum atomic E-state index is 13.7. The molecule has 3 aliphatic rings. The van der Waals surface area contributed by atoms with Crippen molar-refractivity contribution in [3.63, 3.8) is 0 Å². The van der Waals surface area contributed by atoms with Crippen LogP contribution < -0.4 is 0 Å². The molecule has 0 N–H and O–H groups in total. The Balaban J connectivity index is 1.32. The molecule has 2 aromatic carbocycles. The summed E-state index contributed by atoms with van der Waals surface area (Å²) in [5, 5.41) is 0. The average molecular weight is 430 g/mol. The third kappa shape index (κ3) is 3.39. The first-order valence-corrected chi connectivity index (χ1v) is 10.4. The fourth-order valence-corrected chi connectivity index (χ4v) is 5.02. The third-order valence-corrected chi connectivity index (χ3v) is 6.52. The van der Waals surface area contributed by atoms with Gasteiger partial charge in [0.05, 0.1) is 6.04 Å². The first-order chi connectivity index (χ1) is 14.9. The summed E-state index contributed by atoms with van der Waals surface area (Å²) >= 11 is 0. The molecular weight excluding hydrogens is 409 g/mol. The van der Waals surface area contributed by atoms with Crippen molar-refractivity contribution in [2.45, 2.75) is 43.6 Å². The van der Waals surface area contributed by atoms with Gasteiger partial charge in [-0.1, -0.05) is 6.07 Å². The molecule has 5 nitrogen and oxygen atoms in total. The summed E-state index contributed by atoms with van der Waals surface area (Å²) in [4.78, 5) is 29.3. The molecule has 0 aromatic heterocycles. The van der Waals surface area contributed by atoms with Crippen molar-refractivity contribution in [3.8, 4) is 0 Å². The van der Waals surface area contributed by atoms with Gasteiger partial charge in [0, 0.05) is 37.6 Å². The standard InChI is InChI=1S/C23H21F3N2O3/c24-16-3-1-2-14(10-16)21(29)27-8-6-23(7-9-27)22(30)28-19(4-5-20(28)31-23)15-11-17(25)13-18(26)12-15/h1-3,10-13,19-20H,4-9H2. The lowest BCUT2D eigenvalue weighted by atomic mass is 9.89. The van der Waals surface area contributed by atoms with E-state index in [1.54, 1.807) is 15.9 Å². The van der Waals surface area contributed by atoms with Crippen LogP contribution in [-0.4, -0.2) is 46.5 Å². The molecular formula is C23H21F3N2O3. The quantitative estimate of drug-likeness (QED) is 0.728. The van der Waals surface area contributed by atoms with Crippen LogP contribution in [0.25, 0.3) is 0 Å². The molecule has 0 bridgehead atoms. The monoisotopic (exact) mass is 430 g/mol. The van der Waals surface area contributed by atoms with Crippen LogP contribution in [0.1, 0.15) is 47.6 Å². The van der Waals surface area contributed by atoms with Gasteiger partial charge in [-0.15, -0.1) is 0 Å². The van der Waals surface area contributed by atoms with Crippen LogP contribution in [0.5, 0.6) is 0 Å². The number of carbonyl (C=O) groups excluding carboxylic acids is 2. The molecule has 0 aliphatic carbocycles. The average Bonchev–Trinajstić information content (AvgIpc) is 3.26. The van der Waals surface area contributed by atoms with E-state index < -0.39 is 35.3 Å². The van der Waals surface area contributed by atoms with Gasteiger partial charge in [0.25, 0.3) is 11.8 Å². The van der Waals surface area contributed by atoms with Gasteiger partial charge >= 0.3 is 0 Å². The summed E-state index contributed by atoms with van der Waals surface area (Å²) in [6, 6.07) is 8.42. The summed E-state index contributed by atoms with van der Waals surface area (Å²) in [6.45, 7) is 0.613. The minimum absolute atomic E-state index is 0.192. The number of benzene rings is 2. The number of carbonyl (C=O) groups is 2. The summed E-state index contributed by atoms with van der Waals surface area (Å²) in [7, 11) is 0. The number of amides is 2. The predicted molar refractivity (Wildman–Crippen MR) is 104 cm³/mol. The molecule has 3 saturated heterocycles. The molecule has 0 saturated carbocycles. The molecule has 5 rings (SSSR count). The van der Waals surface area contributed by atoms with Crippen molar-refractivity contribution < 1.29 is 27.5 Å². The molecule has 2 atom stereocenters. The number of piperidine rings is 1. The highest BCUT2D eigenvalue weighted by atomic mass is 19.1. The molecule has 3 aliphatic heterocycles. The summed E-state index contributed by atoms with van der Waals surface area (Å²) < 4.78 is 47.1. The second kappa shape index (κ2) is 7.37. The van der Waals surface area contributed by atoms with Crippen LogP contribution in [0.4, 0.5) is 13.2 Å². The topological polar surface area (TPSA) is 49.9 Å². The highest BCUT2D eigenvalue weighted by Crippen LogP contribution is 2.47. The third-order valence-electron chi connectivity index (χ3n) is 6.52. The molecule has 2 aromatic rings. The zero-order valence-electron chi connectivity index (χ0n) is 16.7. The van der Waals surface area contributed by atoms with Crippen LogP contribution in [0.3, 0.4) is 0 Å². The Bertz CT molecular complexity index is 1030.